The molecule has 0 spiro atoms. The third-order valence-electron chi connectivity index (χ3n) is 4.93. The molecule has 0 heteroatoms. The van der Waals surface area contributed by atoms with E-state index in [1.165, 1.54) is 38.5 Å². The van der Waals surface area contributed by atoms with Crippen molar-refractivity contribution in [3.8, 4) is 0 Å². The molecule has 0 aromatic heterocycles. The van der Waals surface area contributed by atoms with Crippen LogP contribution < -0.4 is 0 Å². The summed E-state index contributed by atoms with van der Waals surface area (Å²) in [6, 6.07) is 7.00. The van der Waals surface area contributed by atoms with Crippen molar-refractivity contribution >= 4 is 5.57 Å². The summed E-state index contributed by atoms with van der Waals surface area (Å²) < 4.78 is 0. The molecule has 4 rings (SSSR count). The molecule has 0 saturated heterocycles. The molecule has 92 valence electrons. The van der Waals surface area contributed by atoms with Crippen LogP contribution in [0.4, 0.5) is 0 Å². The Balaban J connectivity index is 1.92. The van der Waals surface area contributed by atoms with Crippen molar-refractivity contribution in [3.05, 3.63) is 52.6 Å². The number of hydrogen-bond acceptors (Lipinski definition) is 0. The molecule has 0 aliphatic heterocycles. The van der Waals surface area contributed by atoms with Crippen LogP contribution in [0.2, 0.25) is 0 Å². The van der Waals surface area contributed by atoms with E-state index < -0.39 is 0 Å². The van der Waals surface area contributed by atoms with E-state index in [1.54, 1.807) is 27.8 Å². The molecule has 1 aromatic carbocycles. The molecule has 1 aromatic rings. The maximum atomic E-state index is 2.39. The highest BCUT2D eigenvalue weighted by atomic mass is 14.4. The zero-order valence-electron chi connectivity index (χ0n) is 10.9. The Morgan fingerprint density at radius 3 is 2.94 bits per heavy atom. The van der Waals surface area contributed by atoms with Gasteiger partial charge in [-0.05, 0) is 67.2 Å². The SMILES string of the molecule is C1=C\Cc2cccc3c2C(CC/1)C1=C3CCCC1. The highest BCUT2D eigenvalue weighted by molar-refractivity contribution is 5.80. The lowest BCUT2D eigenvalue weighted by Crippen LogP contribution is -2.05. The van der Waals surface area contributed by atoms with Crippen molar-refractivity contribution in [1.29, 1.82) is 0 Å². The number of fused-ring (bicyclic) bond motifs is 2. The van der Waals surface area contributed by atoms with Gasteiger partial charge in [-0.3, -0.25) is 0 Å². The molecule has 0 heterocycles. The lowest BCUT2D eigenvalue weighted by Gasteiger charge is -2.21. The van der Waals surface area contributed by atoms with Crippen LogP contribution in [0.5, 0.6) is 0 Å². The molecule has 3 aliphatic rings. The molecular weight excluding hydrogens is 216 g/mol. The molecule has 0 N–H and O–H groups in total. The van der Waals surface area contributed by atoms with E-state index in [1.807, 2.05) is 0 Å². The number of allylic oxidation sites excluding steroid dienone is 4. The molecule has 0 nitrogen and oxygen atoms in total. The molecule has 1 atom stereocenters. The summed E-state index contributed by atoms with van der Waals surface area (Å²) in [5.74, 6) is 0.761. The average molecular weight is 236 g/mol. The van der Waals surface area contributed by atoms with Crippen LogP contribution in [0.25, 0.3) is 5.57 Å². The van der Waals surface area contributed by atoms with Crippen LogP contribution in [-0.2, 0) is 6.42 Å². The fourth-order valence-corrected chi connectivity index (χ4v) is 4.17. The second kappa shape index (κ2) is 4.12. The van der Waals surface area contributed by atoms with Crippen LogP contribution in [0.3, 0.4) is 0 Å². The van der Waals surface area contributed by atoms with Crippen molar-refractivity contribution < 1.29 is 0 Å². The van der Waals surface area contributed by atoms with E-state index in [-0.39, 0.29) is 0 Å². The topological polar surface area (TPSA) is 0 Å². The summed E-state index contributed by atoms with van der Waals surface area (Å²) in [6.45, 7) is 0. The zero-order chi connectivity index (χ0) is 11.9. The van der Waals surface area contributed by atoms with Crippen LogP contribution >= 0.6 is 0 Å². The van der Waals surface area contributed by atoms with Crippen LogP contribution in [0, 0.1) is 0 Å². The van der Waals surface area contributed by atoms with Gasteiger partial charge < -0.3 is 0 Å². The Labute approximate surface area is 109 Å². The Bertz CT molecular complexity index is 545. The van der Waals surface area contributed by atoms with E-state index in [0.29, 0.717) is 0 Å². The van der Waals surface area contributed by atoms with E-state index in [0.717, 1.165) is 12.3 Å². The normalized spacial score (nSPS) is 27.2. The lowest BCUT2D eigenvalue weighted by molar-refractivity contribution is 0.635. The van der Waals surface area contributed by atoms with E-state index in [9.17, 15) is 0 Å². The van der Waals surface area contributed by atoms with Crippen molar-refractivity contribution in [2.75, 3.05) is 0 Å². The van der Waals surface area contributed by atoms with Gasteiger partial charge >= 0.3 is 0 Å². The maximum Gasteiger partial charge on any atom is 0.00660 e. The summed E-state index contributed by atoms with van der Waals surface area (Å²) in [5.41, 5.74) is 8.43. The Morgan fingerprint density at radius 2 is 1.94 bits per heavy atom. The Morgan fingerprint density at radius 1 is 1.00 bits per heavy atom. The van der Waals surface area contributed by atoms with Crippen molar-refractivity contribution in [3.63, 3.8) is 0 Å². The molecule has 3 aliphatic carbocycles. The standard InChI is InChI=1S/C18H20/c1-2-7-13-8-6-12-17-15-10-5-4-9-14(15)16(11-3-1)18(13)17/h1-2,6,8,12,16H,3-5,7,9-11H2/b2-1-. The fraction of sp³-hybridized carbons (Fsp3) is 0.444. The molecule has 0 fully saturated rings. The van der Waals surface area contributed by atoms with Gasteiger partial charge in [0.15, 0.2) is 0 Å². The number of hydrogen-bond donors (Lipinski definition) is 0. The van der Waals surface area contributed by atoms with Gasteiger partial charge in [0.05, 0.1) is 0 Å². The monoisotopic (exact) mass is 236 g/mol. The first kappa shape index (κ1) is 10.6. The highest BCUT2D eigenvalue weighted by Gasteiger charge is 2.33. The molecule has 0 saturated carbocycles. The third kappa shape index (κ3) is 1.44. The van der Waals surface area contributed by atoms with Gasteiger partial charge in [0, 0.05) is 5.92 Å². The van der Waals surface area contributed by atoms with Gasteiger partial charge in [0.25, 0.3) is 0 Å². The molecule has 0 radical (unpaired) electrons. The lowest BCUT2D eigenvalue weighted by atomic mass is 9.83. The minimum atomic E-state index is 0.761. The quantitative estimate of drug-likeness (QED) is 0.556. The third-order valence-corrected chi connectivity index (χ3v) is 4.93. The minimum absolute atomic E-state index is 0.761. The number of benzene rings is 1. The van der Waals surface area contributed by atoms with Crippen LogP contribution in [0.1, 0.15) is 61.1 Å². The minimum Gasteiger partial charge on any atom is -0.0882 e. The molecule has 0 bridgehead atoms. The molecule has 1 unspecified atom stereocenters. The predicted octanol–water partition coefficient (Wildman–Crippen LogP) is 5.00. The predicted molar refractivity (Wildman–Crippen MR) is 76.6 cm³/mol. The van der Waals surface area contributed by atoms with Crippen LogP contribution in [0.15, 0.2) is 35.9 Å². The van der Waals surface area contributed by atoms with Crippen molar-refractivity contribution in [2.45, 2.75) is 50.9 Å². The Hall–Kier alpha value is -1.30. The molecular formula is C18H20. The van der Waals surface area contributed by atoms with Crippen molar-refractivity contribution in [2.24, 2.45) is 0 Å². The fourth-order valence-electron chi connectivity index (χ4n) is 4.17. The first-order valence-corrected chi connectivity index (χ1v) is 7.44. The second-order valence-corrected chi connectivity index (χ2v) is 5.89. The van der Waals surface area contributed by atoms with Gasteiger partial charge in [0.1, 0.15) is 0 Å². The first-order valence-electron chi connectivity index (χ1n) is 7.44. The van der Waals surface area contributed by atoms with Crippen molar-refractivity contribution in [1.82, 2.24) is 0 Å². The van der Waals surface area contributed by atoms with E-state index >= 15 is 0 Å². The highest BCUT2D eigenvalue weighted by Crippen LogP contribution is 2.51. The maximum absolute atomic E-state index is 2.39. The second-order valence-electron chi connectivity index (χ2n) is 5.89. The Kier molecular flexibility index (Phi) is 2.43. The summed E-state index contributed by atoms with van der Waals surface area (Å²) in [4.78, 5) is 0. The van der Waals surface area contributed by atoms with E-state index in [2.05, 4.69) is 30.4 Å². The van der Waals surface area contributed by atoms with Gasteiger partial charge in [-0.1, -0.05) is 35.9 Å². The molecule has 0 amide bonds. The van der Waals surface area contributed by atoms with Gasteiger partial charge in [0.2, 0.25) is 0 Å². The molecule has 18 heavy (non-hydrogen) atoms. The first-order chi connectivity index (χ1) is 8.95. The summed E-state index contributed by atoms with van der Waals surface area (Å²) in [7, 11) is 0. The average Bonchev–Trinajstić information content (AvgIpc) is 2.70. The summed E-state index contributed by atoms with van der Waals surface area (Å²) in [6.07, 6.45) is 14.0. The van der Waals surface area contributed by atoms with Gasteiger partial charge in [-0.25, -0.2) is 0 Å². The smallest absolute Gasteiger partial charge is 0.00660 e. The van der Waals surface area contributed by atoms with Gasteiger partial charge in [-0.15, -0.1) is 0 Å². The van der Waals surface area contributed by atoms with Crippen LogP contribution in [-0.4, -0.2) is 0 Å². The largest absolute Gasteiger partial charge is 0.0882 e. The van der Waals surface area contributed by atoms with Gasteiger partial charge in [-0.2, -0.15) is 0 Å². The van der Waals surface area contributed by atoms with E-state index in [4.69, 9.17) is 0 Å². The summed E-state index contributed by atoms with van der Waals surface area (Å²) in [5, 5.41) is 0. The number of rotatable bonds is 0. The summed E-state index contributed by atoms with van der Waals surface area (Å²) >= 11 is 0. The zero-order valence-corrected chi connectivity index (χ0v) is 10.9.